The summed E-state index contributed by atoms with van der Waals surface area (Å²) in [6.45, 7) is 11.3. The molecule has 0 amide bonds. The minimum atomic E-state index is 0.831. The Morgan fingerprint density at radius 3 is 1.58 bits per heavy atom. The average Bonchev–Trinajstić information content (AvgIpc) is 2.16. The lowest BCUT2D eigenvalue weighted by atomic mass is 10.2. The monoisotopic (exact) mass is 172 g/mol. The summed E-state index contributed by atoms with van der Waals surface area (Å²) < 4.78 is 0. The first kappa shape index (κ1) is 11.9. The van der Waals surface area contributed by atoms with Gasteiger partial charge < -0.3 is 9.80 Å². The molecule has 0 atom stereocenters. The highest BCUT2D eigenvalue weighted by Gasteiger charge is 2.13. The van der Waals surface area contributed by atoms with Crippen LogP contribution in [0.1, 0.15) is 20.8 Å². The van der Waals surface area contributed by atoms with Gasteiger partial charge in [0.15, 0.2) is 0 Å². The summed E-state index contributed by atoms with van der Waals surface area (Å²) in [5.74, 6) is 0.831. The number of likely N-dealkylation sites (N-methyl/N-ethyl adjacent to an activating group) is 2. The van der Waals surface area contributed by atoms with Crippen molar-refractivity contribution in [1.29, 1.82) is 0 Å². The zero-order valence-corrected chi connectivity index (χ0v) is 9.30. The van der Waals surface area contributed by atoms with E-state index in [0.29, 0.717) is 0 Å². The molecular formula is C10H24N2. The smallest absolute Gasteiger partial charge is 0.0106 e. The van der Waals surface area contributed by atoms with E-state index in [1.165, 1.54) is 26.2 Å². The van der Waals surface area contributed by atoms with Crippen LogP contribution in [0, 0.1) is 5.92 Å². The summed E-state index contributed by atoms with van der Waals surface area (Å²) in [5.41, 5.74) is 0. The normalized spacial score (nSPS) is 22.8. The molecule has 0 radical (unpaired) electrons. The van der Waals surface area contributed by atoms with Gasteiger partial charge >= 0.3 is 0 Å². The molecule has 0 aliphatic carbocycles. The third-order valence-electron chi connectivity index (χ3n) is 2.11. The van der Waals surface area contributed by atoms with Gasteiger partial charge in [0.2, 0.25) is 0 Å². The molecule has 0 saturated carbocycles. The first-order valence-corrected chi connectivity index (χ1v) is 5.05. The number of nitrogens with zero attached hydrogens (tertiary/aromatic N) is 2. The van der Waals surface area contributed by atoms with Crippen LogP contribution < -0.4 is 0 Å². The van der Waals surface area contributed by atoms with E-state index in [1.807, 2.05) is 13.8 Å². The van der Waals surface area contributed by atoms with Crippen LogP contribution in [0.5, 0.6) is 0 Å². The van der Waals surface area contributed by atoms with Crippen LogP contribution in [0.3, 0.4) is 0 Å². The van der Waals surface area contributed by atoms with Crippen molar-refractivity contribution in [1.82, 2.24) is 9.80 Å². The van der Waals surface area contributed by atoms with E-state index in [1.54, 1.807) is 0 Å². The molecule has 0 aromatic rings. The molecule has 0 bridgehead atoms. The zero-order chi connectivity index (χ0) is 9.56. The molecule has 1 heterocycles. The van der Waals surface area contributed by atoms with Crippen molar-refractivity contribution in [2.45, 2.75) is 20.8 Å². The van der Waals surface area contributed by atoms with Gasteiger partial charge in [0.05, 0.1) is 0 Å². The third kappa shape index (κ3) is 4.73. The molecule has 0 N–H and O–H groups in total. The molecule has 2 nitrogen and oxygen atoms in total. The lowest BCUT2D eigenvalue weighted by molar-refractivity contribution is 0.320. The number of rotatable bonds is 0. The van der Waals surface area contributed by atoms with Gasteiger partial charge in [-0.3, -0.25) is 0 Å². The number of hydrogen-bond acceptors (Lipinski definition) is 2. The Morgan fingerprint density at radius 2 is 1.25 bits per heavy atom. The van der Waals surface area contributed by atoms with Crippen LogP contribution in [0.15, 0.2) is 0 Å². The van der Waals surface area contributed by atoms with E-state index in [9.17, 15) is 0 Å². The van der Waals surface area contributed by atoms with Gasteiger partial charge in [-0.25, -0.2) is 0 Å². The fraction of sp³-hybridized carbons (Fsp3) is 1.00. The molecule has 1 aliphatic rings. The van der Waals surface area contributed by atoms with Crippen LogP contribution in [-0.4, -0.2) is 50.1 Å². The Morgan fingerprint density at radius 1 is 0.917 bits per heavy atom. The van der Waals surface area contributed by atoms with E-state index in [4.69, 9.17) is 0 Å². The first-order chi connectivity index (χ1) is 5.68. The second kappa shape index (κ2) is 6.44. The summed E-state index contributed by atoms with van der Waals surface area (Å²) >= 11 is 0. The van der Waals surface area contributed by atoms with Crippen molar-refractivity contribution in [3.8, 4) is 0 Å². The molecule has 74 valence electrons. The SMILES string of the molecule is CC.CC1CN(C)CCN(C)C1. The van der Waals surface area contributed by atoms with Crippen LogP contribution in [0.2, 0.25) is 0 Å². The standard InChI is InChI=1S/C8H18N2.C2H6/c1-8-6-9(2)4-5-10(3)7-8;1-2/h8H,4-7H2,1-3H3;1-2H3. The Hall–Kier alpha value is -0.0800. The molecule has 0 aromatic carbocycles. The lowest BCUT2D eigenvalue weighted by Gasteiger charge is -2.15. The van der Waals surface area contributed by atoms with E-state index in [2.05, 4.69) is 30.8 Å². The quantitative estimate of drug-likeness (QED) is 0.547. The highest BCUT2D eigenvalue weighted by atomic mass is 15.2. The molecular weight excluding hydrogens is 148 g/mol. The minimum Gasteiger partial charge on any atom is -0.305 e. The maximum atomic E-state index is 2.41. The molecule has 1 rings (SSSR count). The summed E-state index contributed by atoms with van der Waals surface area (Å²) in [7, 11) is 4.41. The fourth-order valence-corrected chi connectivity index (χ4v) is 1.65. The maximum absolute atomic E-state index is 2.41. The lowest BCUT2D eigenvalue weighted by Crippen LogP contribution is -2.25. The van der Waals surface area contributed by atoms with Crippen LogP contribution in [0.25, 0.3) is 0 Å². The van der Waals surface area contributed by atoms with E-state index in [-0.39, 0.29) is 0 Å². The van der Waals surface area contributed by atoms with Crippen LogP contribution in [-0.2, 0) is 0 Å². The van der Waals surface area contributed by atoms with Gasteiger partial charge in [0.25, 0.3) is 0 Å². The fourth-order valence-electron chi connectivity index (χ4n) is 1.65. The zero-order valence-electron chi connectivity index (χ0n) is 9.30. The van der Waals surface area contributed by atoms with Gasteiger partial charge in [0, 0.05) is 26.2 Å². The van der Waals surface area contributed by atoms with Crippen LogP contribution in [0.4, 0.5) is 0 Å². The highest BCUT2D eigenvalue weighted by molar-refractivity contribution is 4.68. The maximum Gasteiger partial charge on any atom is 0.0106 e. The molecule has 2 heteroatoms. The van der Waals surface area contributed by atoms with Gasteiger partial charge in [-0.1, -0.05) is 20.8 Å². The molecule has 12 heavy (non-hydrogen) atoms. The molecule has 0 aromatic heterocycles. The van der Waals surface area contributed by atoms with Crippen molar-refractivity contribution in [3.63, 3.8) is 0 Å². The molecule has 1 fully saturated rings. The third-order valence-corrected chi connectivity index (χ3v) is 2.11. The Labute approximate surface area is 77.5 Å². The Kier molecular flexibility index (Phi) is 6.39. The predicted octanol–water partition coefficient (Wildman–Crippen LogP) is 1.53. The van der Waals surface area contributed by atoms with Crippen LogP contribution >= 0.6 is 0 Å². The van der Waals surface area contributed by atoms with Gasteiger partial charge in [-0.2, -0.15) is 0 Å². The summed E-state index contributed by atoms with van der Waals surface area (Å²) in [5, 5.41) is 0. The molecule has 0 spiro atoms. The number of hydrogen-bond donors (Lipinski definition) is 0. The van der Waals surface area contributed by atoms with Crippen molar-refractivity contribution in [2.24, 2.45) is 5.92 Å². The van der Waals surface area contributed by atoms with Gasteiger partial charge in [-0.05, 0) is 20.0 Å². The largest absolute Gasteiger partial charge is 0.305 e. The van der Waals surface area contributed by atoms with Crippen molar-refractivity contribution in [2.75, 3.05) is 40.3 Å². The summed E-state index contributed by atoms with van der Waals surface area (Å²) in [6.07, 6.45) is 0. The van der Waals surface area contributed by atoms with E-state index in [0.717, 1.165) is 5.92 Å². The second-order valence-corrected chi connectivity index (χ2v) is 3.63. The topological polar surface area (TPSA) is 6.48 Å². The first-order valence-electron chi connectivity index (χ1n) is 5.05. The van der Waals surface area contributed by atoms with Crippen molar-refractivity contribution in [3.05, 3.63) is 0 Å². The van der Waals surface area contributed by atoms with Gasteiger partial charge in [-0.15, -0.1) is 0 Å². The Balaban J connectivity index is 0.000000561. The minimum absolute atomic E-state index is 0.831. The van der Waals surface area contributed by atoms with Crippen molar-refractivity contribution >= 4 is 0 Å². The van der Waals surface area contributed by atoms with Crippen molar-refractivity contribution < 1.29 is 0 Å². The summed E-state index contributed by atoms with van der Waals surface area (Å²) in [6, 6.07) is 0. The highest BCUT2D eigenvalue weighted by Crippen LogP contribution is 2.04. The van der Waals surface area contributed by atoms with Gasteiger partial charge in [0.1, 0.15) is 0 Å². The molecule has 1 aliphatic heterocycles. The Bertz CT molecular complexity index is 92.0. The molecule has 1 saturated heterocycles. The second-order valence-electron chi connectivity index (χ2n) is 3.63. The average molecular weight is 172 g/mol. The van der Waals surface area contributed by atoms with E-state index >= 15 is 0 Å². The predicted molar refractivity (Wildman–Crippen MR) is 55.5 cm³/mol. The molecule has 0 unspecified atom stereocenters. The summed E-state index contributed by atoms with van der Waals surface area (Å²) in [4.78, 5) is 4.82. The van der Waals surface area contributed by atoms with E-state index < -0.39 is 0 Å².